The van der Waals surface area contributed by atoms with Crippen LogP contribution in [-0.4, -0.2) is 0 Å². The Balaban J connectivity index is 1.62. The number of aryl methyl sites for hydroxylation is 1. The van der Waals surface area contributed by atoms with Crippen molar-refractivity contribution in [1.29, 1.82) is 0 Å². The molecule has 0 heterocycles. The maximum absolute atomic E-state index is 4.30. The van der Waals surface area contributed by atoms with Gasteiger partial charge in [0.1, 0.15) is 0 Å². The normalized spacial score (nSPS) is 21.1. The quantitative estimate of drug-likeness (QED) is 0.536. The van der Waals surface area contributed by atoms with E-state index in [4.69, 9.17) is 0 Å². The Labute approximate surface area is 124 Å². The van der Waals surface area contributed by atoms with E-state index in [1.165, 1.54) is 55.2 Å². The molecular weight excluding hydrogens is 240 g/mol. The molecule has 0 bridgehead atoms. The summed E-state index contributed by atoms with van der Waals surface area (Å²) in [6.07, 6.45) is 10.0. The molecule has 0 spiro atoms. The van der Waals surface area contributed by atoms with Gasteiger partial charge < -0.3 is 0 Å². The molecular formula is C20H28. The first-order valence-electron chi connectivity index (χ1n) is 8.00. The van der Waals surface area contributed by atoms with Gasteiger partial charge in [-0.25, -0.2) is 0 Å². The molecule has 2 rings (SSSR count). The number of allylic oxidation sites excluding steroid dienone is 3. The van der Waals surface area contributed by atoms with Gasteiger partial charge in [-0.3, -0.25) is 0 Å². The molecule has 0 radical (unpaired) electrons. The molecule has 1 aliphatic rings. The van der Waals surface area contributed by atoms with Crippen LogP contribution in [0.15, 0.2) is 54.1 Å². The molecule has 1 aliphatic carbocycles. The summed E-state index contributed by atoms with van der Waals surface area (Å²) >= 11 is 0. The van der Waals surface area contributed by atoms with Crippen LogP contribution in [0, 0.1) is 11.8 Å². The van der Waals surface area contributed by atoms with Crippen LogP contribution in [-0.2, 0) is 6.42 Å². The Morgan fingerprint density at radius 3 is 2.55 bits per heavy atom. The molecule has 20 heavy (non-hydrogen) atoms. The van der Waals surface area contributed by atoms with Gasteiger partial charge in [0, 0.05) is 0 Å². The van der Waals surface area contributed by atoms with Crippen molar-refractivity contribution in [2.24, 2.45) is 11.8 Å². The van der Waals surface area contributed by atoms with E-state index >= 15 is 0 Å². The topological polar surface area (TPSA) is 0 Å². The first-order valence-corrected chi connectivity index (χ1v) is 8.00. The van der Waals surface area contributed by atoms with Gasteiger partial charge in [-0.1, -0.05) is 54.1 Å². The largest absolute Gasteiger partial charge is 0.0996 e. The Bertz CT molecular complexity index is 442. The van der Waals surface area contributed by atoms with Crippen molar-refractivity contribution in [2.45, 2.75) is 52.4 Å². The lowest BCUT2D eigenvalue weighted by Crippen LogP contribution is -2.25. The molecule has 0 N–H and O–H groups in total. The molecule has 1 aromatic carbocycles. The Hall–Kier alpha value is -1.30. The maximum Gasteiger partial charge on any atom is -0.0201 e. The predicted octanol–water partition coefficient (Wildman–Crippen LogP) is 5.95. The standard InChI is InChI=1S/C20H28/c1-16(2)8-7-9-17(3)20-14-19(15-20)13-12-18-10-5-4-6-11-18/h4-6,8,10-11,19-20H,3,7,9,12-15H2,1-2H3. The predicted molar refractivity (Wildman–Crippen MR) is 88.8 cm³/mol. The molecule has 0 heteroatoms. The zero-order valence-electron chi connectivity index (χ0n) is 13.1. The number of hydrogen-bond donors (Lipinski definition) is 0. The van der Waals surface area contributed by atoms with E-state index < -0.39 is 0 Å². The molecule has 0 saturated heterocycles. The number of benzene rings is 1. The SMILES string of the molecule is C=C(CCC=C(C)C)C1CC(CCc2ccccc2)C1. The highest BCUT2D eigenvalue weighted by atomic mass is 14.3. The van der Waals surface area contributed by atoms with Gasteiger partial charge in [0.05, 0.1) is 0 Å². The second-order valence-corrected chi connectivity index (χ2v) is 6.54. The van der Waals surface area contributed by atoms with E-state index in [1.807, 2.05) is 0 Å². The summed E-state index contributed by atoms with van der Waals surface area (Å²) < 4.78 is 0. The average Bonchev–Trinajstić information content (AvgIpc) is 2.37. The summed E-state index contributed by atoms with van der Waals surface area (Å²) in [5.74, 6) is 1.74. The zero-order valence-corrected chi connectivity index (χ0v) is 13.1. The molecule has 0 amide bonds. The summed E-state index contributed by atoms with van der Waals surface area (Å²) in [5.41, 5.74) is 4.39. The van der Waals surface area contributed by atoms with Gasteiger partial charge in [0.15, 0.2) is 0 Å². The lowest BCUT2D eigenvalue weighted by Gasteiger charge is -2.37. The maximum atomic E-state index is 4.30. The third-order valence-electron chi connectivity index (χ3n) is 4.52. The number of hydrogen-bond acceptors (Lipinski definition) is 0. The molecule has 1 fully saturated rings. The highest BCUT2D eigenvalue weighted by molar-refractivity contribution is 5.15. The van der Waals surface area contributed by atoms with Gasteiger partial charge in [0.2, 0.25) is 0 Å². The van der Waals surface area contributed by atoms with E-state index in [0.29, 0.717) is 0 Å². The fourth-order valence-electron chi connectivity index (χ4n) is 3.07. The van der Waals surface area contributed by atoms with Crippen molar-refractivity contribution >= 4 is 0 Å². The third-order valence-corrected chi connectivity index (χ3v) is 4.52. The van der Waals surface area contributed by atoms with Crippen LogP contribution >= 0.6 is 0 Å². The van der Waals surface area contributed by atoms with Gasteiger partial charge in [-0.15, -0.1) is 0 Å². The van der Waals surface area contributed by atoms with Crippen LogP contribution in [0.5, 0.6) is 0 Å². The summed E-state index contributed by atoms with van der Waals surface area (Å²) in [6.45, 7) is 8.64. The van der Waals surface area contributed by atoms with Crippen LogP contribution in [0.3, 0.4) is 0 Å². The van der Waals surface area contributed by atoms with Crippen molar-refractivity contribution in [2.75, 3.05) is 0 Å². The molecule has 0 unspecified atom stereocenters. The van der Waals surface area contributed by atoms with Crippen molar-refractivity contribution in [3.8, 4) is 0 Å². The molecule has 108 valence electrons. The van der Waals surface area contributed by atoms with Crippen molar-refractivity contribution < 1.29 is 0 Å². The molecule has 0 atom stereocenters. The smallest absolute Gasteiger partial charge is 0.0201 e. The highest BCUT2D eigenvalue weighted by Crippen LogP contribution is 2.41. The van der Waals surface area contributed by atoms with Crippen molar-refractivity contribution in [3.05, 3.63) is 59.7 Å². The fraction of sp³-hybridized carbons (Fsp3) is 0.500. The minimum atomic E-state index is 0.807. The Morgan fingerprint density at radius 1 is 1.20 bits per heavy atom. The molecule has 1 aromatic rings. The van der Waals surface area contributed by atoms with E-state index in [2.05, 4.69) is 56.8 Å². The van der Waals surface area contributed by atoms with Crippen molar-refractivity contribution in [3.63, 3.8) is 0 Å². The summed E-state index contributed by atoms with van der Waals surface area (Å²) in [7, 11) is 0. The van der Waals surface area contributed by atoms with Crippen LogP contribution in [0.2, 0.25) is 0 Å². The van der Waals surface area contributed by atoms with Crippen LogP contribution in [0.4, 0.5) is 0 Å². The second kappa shape index (κ2) is 7.47. The van der Waals surface area contributed by atoms with E-state index in [1.54, 1.807) is 0 Å². The zero-order chi connectivity index (χ0) is 14.4. The van der Waals surface area contributed by atoms with E-state index in [9.17, 15) is 0 Å². The third kappa shape index (κ3) is 4.67. The molecule has 1 saturated carbocycles. The first kappa shape index (κ1) is 15.1. The van der Waals surface area contributed by atoms with E-state index in [0.717, 1.165) is 11.8 Å². The lowest BCUT2D eigenvalue weighted by atomic mass is 9.68. The summed E-state index contributed by atoms with van der Waals surface area (Å²) in [6, 6.07) is 10.9. The van der Waals surface area contributed by atoms with Gasteiger partial charge in [-0.05, 0) is 69.8 Å². The molecule has 0 aromatic heterocycles. The van der Waals surface area contributed by atoms with Gasteiger partial charge in [0.25, 0.3) is 0 Å². The second-order valence-electron chi connectivity index (χ2n) is 6.54. The molecule has 0 nitrogen and oxygen atoms in total. The van der Waals surface area contributed by atoms with Crippen molar-refractivity contribution in [1.82, 2.24) is 0 Å². The van der Waals surface area contributed by atoms with Crippen LogP contribution in [0.25, 0.3) is 0 Å². The monoisotopic (exact) mass is 268 g/mol. The van der Waals surface area contributed by atoms with Gasteiger partial charge >= 0.3 is 0 Å². The van der Waals surface area contributed by atoms with Gasteiger partial charge in [-0.2, -0.15) is 0 Å². The Kier molecular flexibility index (Phi) is 5.64. The van der Waals surface area contributed by atoms with Crippen LogP contribution in [0.1, 0.15) is 51.5 Å². The van der Waals surface area contributed by atoms with E-state index in [-0.39, 0.29) is 0 Å². The Morgan fingerprint density at radius 2 is 1.90 bits per heavy atom. The molecule has 0 aliphatic heterocycles. The highest BCUT2D eigenvalue weighted by Gasteiger charge is 2.29. The lowest BCUT2D eigenvalue weighted by molar-refractivity contribution is 0.211. The average molecular weight is 268 g/mol. The number of rotatable bonds is 7. The minimum absolute atomic E-state index is 0.807. The summed E-state index contributed by atoms with van der Waals surface area (Å²) in [4.78, 5) is 0. The first-order chi connectivity index (χ1) is 9.65. The fourth-order valence-corrected chi connectivity index (χ4v) is 3.07. The summed E-state index contributed by atoms with van der Waals surface area (Å²) in [5, 5.41) is 0. The van der Waals surface area contributed by atoms with Crippen LogP contribution < -0.4 is 0 Å². The minimum Gasteiger partial charge on any atom is -0.0996 e.